The molecule has 0 unspecified atom stereocenters. The number of carboxylic acid groups (broad SMARTS) is 1. The van der Waals surface area contributed by atoms with Gasteiger partial charge in [-0.15, -0.1) is 0 Å². The molecule has 0 aliphatic heterocycles. The second-order valence-corrected chi connectivity index (χ2v) is 5.05. The number of anilines is 3. The number of carbonyl (C=O) groups is 1. The zero-order valence-corrected chi connectivity index (χ0v) is 12.6. The van der Waals surface area contributed by atoms with Crippen molar-refractivity contribution >= 4 is 39.0 Å². The maximum absolute atomic E-state index is 13.9. The van der Waals surface area contributed by atoms with E-state index in [0.717, 1.165) is 12.1 Å². The largest absolute Gasteiger partial charge is 0.496 e. The minimum absolute atomic E-state index is 0.0265. The minimum Gasteiger partial charge on any atom is -0.496 e. The summed E-state index contributed by atoms with van der Waals surface area (Å²) < 4.78 is 19.6. The van der Waals surface area contributed by atoms with Crippen molar-refractivity contribution in [3.8, 4) is 5.75 Å². The van der Waals surface area contributed by atoms with Crippen molar-refractivity contribution in [3.63, 3.8) is 0 Å². The Kier molecular flexibility index (Phi) is 4.32. The van der Waals surface area contributed by atoms with Crippen LogP contribution in [-0.2, 0) is 0 Å². The molecule has 4 N–H and O–H groups in total. The van der Waals surface area contributed by atoms with Gasteiger partial charge in [-0.2, -0.15) is 0 Å². The van der Waals surface area contributed by atoms with Gasteiger partial charge in [-0.1, -0.05) is 0 Å². The molecule has 0 amide bonds. The van der Waals surface area contributed by atoms with E-state index in [-0.39, 0.29) is 16.9 Å². The molecule has 0 aromatic heterocycles. The summed E-state index contributed by atoms with van der Waals surface area (Å²) in [6, 6.07) is 7.20. The number of carboxylic acids is 1. The average Bonchev–Trinajstić information content (AvgIpc) is 2.41. The highest BCUT2D eigenvalue weighted by Gasteiger charge is 2.13. The lowest BCUT2D eigenvalue weighted by atomic mass is 10.1. The van der Waals surface area contributed by atoms with Crippen LogP contribution in [-0.4, -0.2) is 18.2 Å². The van der Waals surface area contributed by atoms with Crippen molar-refractivity contribution in [2.45, 2.75) is 0 Å². The van der Waals surface area contributed by atoms with Crippen LogP contribution in [0.5, 0.6) is 5.75 Å². The second-order valence-electron chi connectivity index (χ2n) is 4.20. The lowest BCUT2D eigenvalue weighted by molar-refractivity contribution is 0.0698. The third kappa shape index (κ3) is 3.25. The fourth-order valence-corrected chi connectivity index (χ4v) is 2.31. The molecule has 0 saturated heterocycles. The number of hydrogen-bond acceptors (Lipinski definition) is 4. The van der Waals surface area contributed by atoms with Gasteiger partial charge >= 0.3 is 5.97 Å². The summed E-state index contributed by atoms with van der Waals surface area (Å²) in [6.45, 7) is 0. The summed E-state index contributed by atoms with van der Waals surface area (Å²) in [5.41, 5.74) is 5.79. The first-order chi connectivity index (χ1) is 9.92. The minimum atomic E-state index is -1.22. The molecule has 5 nitrogen and oxygen atoms in total. The van der Waals surface area contributed by atoms with Gasteiger partial charge in [0.2, 0.25) is 0 Å². The fourth-order valence-electron chi connectivity index (χ4n) is 1.77. The lowest BCUT2D eigenvalue weighted by Crippen LogP contribution is -2.05. The second kappa shape index (κ2) is 6.01. The van der Waals surface area contributed by atoms with Gasteiger partial charge in [-0.3, -0.25) is 0 Å². The zero-order chi connectivity index (χ0) is 15.6. The number of methoxy groups -OCH3 is 1. The molecular formula is C14H12BrFN2O3. The van der Waals surface area contributed by atoms with Crippen LogP contribution in [0.2, 0.25) is 0 Å². The quantitative estimate of drug-likeness (QED) is 0.730. The number of aromatic carboxylic acids is 1. The smallest absolute Gasteiger partial charge is 0.337 e. The van der Waals surface area contributed by atoms with E-state index >= 15 is 0 Å². The van der Waals surface area contributed by atoms with Crippen LogP contribution in [0.1, 0.15) is 10.4 Å². The number of hydrogen-bond donors (Lipinski definition) is 3. The normalized spacial score (nSPS) is 10.2. The summed E-state index contributed by atoms with van der Waals surface area (Å²) >= 11 is 3.32. The number of nitrogens with two attached hydrogens (primary N) is 1. The summed E-state index contributed by atoms with van der Waals surface area (Å²) in [5.74, 6) is -1.22. The summed E-state index contributed by atoms with van der Waals surface area (Å²) in [7, 11) is 1.53. The van der Waals surface area contributed by atoms with Gasteiger partial charge in [0.1, 0.15) is 11.6 Å². The predicted molar refractivity (Wildman–Crippen MR) is 81.7 cm³/mol. The van der Waals surface area contributed by atoms with Gasteiger partial charge in [-0.25, -0.2) is 9.18 Å². The Morgan fingerprint density at radius 2 is 2.10 bits per heavy atom. The summed E-state index contributed by atoms with van der Waals surface area (Å²) in [6.07, 6.45) is 0. The molecule has 7 heteroatoms. The van der Waals surface area contributed by atoms with Crippen molar-refractivity contribution in [3.05, 3.63) is 46.2 Å². The van der Waals surface area contributed by atoms with Gasteiger partial charge in [0, 0.05) is 11.4 Å². The maximum atomic E-state index is 13.9. The molecule has 0 saturated carbocycles. The van der Waals surface area contributed by atoms with Gasteiger partial charge < -0.3 is 20.9 Å². The molecular weight excluding hydrogens is 343 g/mol. The molecule has 0 bridgehead atoms. The number of ether oxygens (including phenoxy) is 1. The van der Waals surface area contributed by atoms with Crippen LogP contribution >= 0.6 is 15.9 Å². The molecule has 2 rings (SSSR count). The molecule has 0 aliphatic carbocycles. The Labute approximate surface area is 128 Å². The van der Waals surface area contributed by atoms with Crippen molar-refractivity contribution < 1.29 is 19.0 Å². The van der Waals surface area contributed by atoms with E-state index in [0.29, 0.717) is 15.9 Å². The Balaban J connectivity index is 2.37. The van der Waals surface area contributed by atoms with E-state index in [1.807, 2.05) is 0 Å². The van der Waals surface area contributed by atoms with E-state index in [9.17, 15) is 9.18 Å². The first kappa shape index (κ1) is 15.1. The highest BCUT2D eigenvalue weighted by atomic mass is 79.9. The van der Waals surface area contributed by atoms with Crippen LogP contribution in [0.15, 0.2) is 34.8 Å². The SMILES string of the molecule is COc1ccc(Nc2cc(C(=O)O)c(N)cc2F)cc1Br. The van der Waals surface area contributed by atoms with Crippen LogP contribution in [0.4, 0.5) is 21.5 Å². The summed E-state index contributed by atoms with van der Waals surface area (Å²) in [5, 5.41) is 11.8. The van der Waals surface area contributed by atoms with Crippen LogP contribution in [0.3, 0.4) is 0 Å². The maximum Gasteiger partial charge on any atom is 0.337 e. The third-order valence-electron chi connectivity index (χ3n) is 2.80. The number of rotatable bonds is 4. The molecule has 0 spiro atoms. The van der Waals surface area contributed by atoms with Gasteiger partial charge in [0.15, 0.2) is 0 Å². The molecule has 21 heavy (non-hydrogen) atoms. The molecule has 2 aromatic rings. The first-order valence-electron chi connectivity index (χ1n) is 5.85. The fraction of sp³-hybridized carbons (Fsp3) is 0.0714. The monoisotopic (exact) mass is 354 g/mol. The van der Waals surface area contributed by atoms with Crippen molar-refractivity contribution in [2.24, 2.45) is 0 Å². The van der Waals surface area contributed by atoms with Crippen molar-refractivity contribution in [1.82, 2.24) is 0 Å². The van der Waals surface area contributed by atoms with E-state index in [4.69, 9.17) is 15.6 Å². The van der Waals surface area contributed by atoms with Gasteiger partial charge in [0.25, 0.3) is 0 Å². The summed E-state index contributed by atoms with van der Waals surface area (Å²) in [4.78, 5) is 11.0. The van der Waals surface area contributed by atoms with Crippen LogP contribution in [0, 0.1) is 5.82 Å². The van der Waals surface area contributed by atoms with Crippen LogP contribution in [0.25, 0.3) is 0 Å². The van der Waals surface area contributed by atoms with Gasteiger partial charge in [0.05, 0.1) is 22.8 Å². The Morgan fingerprint density at radius 3 is 2.67 bits per heavy atom. The Hall–Kier alpha value is -2.28. The van der Waals surface area contributed by atoms with Crippen LogP contribution < -0.4 is 15.8 Å². The number of nitrogen functional groups attached to an aromatic ring is 1. The number of benzene rings is 2. The average molecular weight is 355 g/mol. The topological polar surface area (TPSA) is 84.6 Å². The van der Waals surface area contributed by atoms with E-state index in [1.165, 1.54) is 7.11 Å². The van der Waals surface area contributed by atoms with Crippen molar-refractivity contribution in [2.75, 3.05) is 18.2 Å². The molecule has 0 aliphatic rings. The molecule has 0 radical (unpaired) electrons. The van der Waals surface area contributed by atoms with E-state index in [2.05, 4.69) is 21.2 Å². The van der Waals surface area contributed by atoms with E-state index in [1.54, 1.807) is 18.2 Å². The Bertz CT molecular complexity index is 707. The van der Waals surface area contributed by atoms with Crippen molar-refractivity contribution in [1.29, 1.82) is 0 Å². The molecule has 0 atom stereocenters. The molecule has 0 heterocycles. The highest BCUT2D eigenvalue weighted by Crippen LogP contribution is 2.31. The number of halogens is 2. The lowest BCUT2D eigenvalue weighted by Gasteiger charge is -2.11. The number of nitrogens with one attached hydrogen (secondary N) is 1. The van der Waals surface area contributed by atoms with E-state index < -0.39 is 11.8 Å². The predicted octanol–water partition coefficient (Wildman–Crippen LogP) is 3.62. The molecule has 0 fully saturated rings. The zero-order valence-electron chi connectivity index (χ0n) is 11.0. The molecule has 2 aromatic carbocycles. The Morgan fingerprint density at radius 1 is 1.38 bits per heavy atom. The molecule has 110 valence electrons. The highest BCUT2D eigenvalue weighted by molar-refractivity contribution is 9.10. The van der Waals surface area contributed by atoms with Gasteiger partial charge in [-0.05, 0) is 46.3 Å². The first-order valence-corrected chi connectivity index (χ1v) is 6.64. The standard InChI is InChI=1S/C14H12BrFN2O3/c1-21-13-3-2-7(4-9(13)15)18-12-5-8(14(19)20)11(17)6-10(12)16/h2-6,18H,17H2,1H3,(H,19,20). The third-order valence-corrected chi connectivity index (χ3v) is 3.42.